The topological polar surface area (TPSA) is 3.24 Å². The second-order valence-electron chi connectivity index (χ2n) is 15.8. The fourth-order valence-electron chi connectivity index (χ4n) is 9.16. The molecule has 0 amide bonds. The number of fused-ring (bicyclic) bond motifs is 7. The molecule has 0 radical (unpaired) electrons. The van der Waals surface area contributed by atoms with Crippen molar-refractivity contribution < 1.29 is 0 Å². The van der Waals surface area contributed by atoms with Gasteiger partial charge in [-0.15, -0.1) is 11.3 Å². The highest BCUT2D eigenvalue weighted by Gasteiger charge is 2.35. The quantitative estimate of drug-likeness (QED) is 0.164. The molecule has 9 aromatic carbocycles. The maximum Gasteiger partial charge on any atom is 0.0468 e. The Hall–Kier alpha value is -6.74. The van der Waals surface area contributed by atoms with Crippen LogP contribution in [0.1, 0.15) is 25.0 Å². The smallest absolute Gasteiger partial charge is 0.0468 e. The van der Waals surface area contributed by atoms with Crippen molar-refractivity contribution in [1.82, 2.24) is 0 Å². The van der Waals surface area contributed by atoms with Gasteiger partial charge in [-0.25, -0.2) is 0 Å². The Morgan fingerprint density at radius 1 is 0.351 bits per heavy atom. The zero-order valence-corrected chi connectivity index (χ0v) is 32.7. The lowest BCUT2D eigenvalue weighted by atomic mass is 9.82. The molecule has 1 nitrogen and oxygen atoms in total. The van der Waals surface area contributed by atoms with Gasteiger partial charge in [0.05, 0.1) is 0 Å². The minimum Gasteiger partial charge on any atom is -0.310 e. The molecule has 0 atom stereocenters. The fourth-order valence-corrected chi connectivity index (χ4v) is 10.2. The van der Waals surface area contributed by atoms with Gasteiger partial charge in [0.1, 0.15) is 0 Å². The average molecular weight is 746 g/mol. The Kier molecular flexibility index (Phi) is 7.77. The molecule has 0 spiro atoms. The van der Waals surface area contributed by atoms with Gasteiger partial charge >= 0.3 is 0 Å². The molecule has 270 valence electrons. The van der Waals surface area contributed by atoms with E-state index in [-0.39, 0.29) is 5.41 Å². The van der Waals surface area contributed by atoms with E-state index >= 15 is 0 Å². The van der Waals surface area contributed by atoms with E-state index in [1.807, 2.05) is 11.3 Å². The monoisotopic (exact) mass is 745 g/mol. The Morgan fingerprint density at radius 3 is 1.82 bits per heavy atom. The summed E-state index contributed by atoms with van der Waals surface area (Å²) in [6.07, 6.45) is 0. The molecule has 11 rings (SSSR count). The molecule has 1 heterocycles. The molecule has 2 heteroatoms. The molecule has 0 unspecified atom stereocenters. The van der Waals surface area contributed by atoms with Gasteiger partial charge in [0, 0.05) is 42.6 Å². The zero-order valence-electron chi connectivity index (χ0n) is 31.9. The summed E-state index contributed by atoms with van der Waals surface area (Å²) in [5, 5.41) is 5.07. The third-order valence-electron chi connectivity index (χ3n) is 12.0. The lowest BCUT2D eigenvalue weighted by Crippen LogP contribution is -2.16. The highest BCUT2D eigenvalue weighted by Crippen LogP contribution is 2.51. The van der Waals surface area contributed by atoms with Crippen LogP contribution in [0.5, 0.6) is 0 Å². The lowest BCUT2D eigenvalue weighted by Gasteiger charge is -2.28. The highest BCUT2D eigenvalue weighted by atomic mass is 32.1. The predicted molar refractivity (Wildman–Crippen MR) is 245 cm³/mol. The van der Waals surface area contributed by atoms with Crippen LogP contribution in [0, 0.1) is 0 Å². The van der Waals surface area contributed by atoms with Crippen LogP contribution < -0.4 is 4.90 Å². The van der Waals surface area contributed by atoms with E-state index < -0.39 is 0 Å². The van der Waals surface area contributed by atoms with Gasteiger partial charge in [0.15, 0.2) is 0 Å². The normalized spacial score (nSPS) is 12.9. The first-order valence-electron chi connectivity index (χ1n) is 19.7. The molecule has 1 aliphatic rings. The summed E-state index contributed by atoms with van der Waals surface area (Å²) < 4.78 is 2.59. The highest BCUT2D eigenvalue weighted by molar-refractivity contribution is 7.25. The third-order valence-corrected chi connectivity index (χ3v) is 13.2. The first kappa shape index (κ1) is 33.6. The van der Waals surface area contributed by atoms with Gasteiger partial charge in [-0.2, -0.15) is 0 Å². The van der Waals surface area contributed by atoms with Gasteiger partial charge in [0.25, 0.3) is 0 Å². The molecule has 0 saturated heterocycles. The van der Waals surface area contributed by atoms with E-state index in [4.69, 9.17) is 0 Å². The van der Waals surface area contributed by atoms with Crippen molar-refractivity contribution in [3.63, 3.8) is 0 Å². The minimum absolute atomic E-state index is 0.111. The summed E-state index contributed by atoms with van der Waals surface area (Å²) in [5.74, 6) is 0. The maximum absolute atomic E-state index is 2.46. The first-order chi connectivity index (χ1) is 28.0. The largest absolute Gasteiger partial charge is 0.310 e. The van der Waals surface area contributed by atoms with Crippen LogP contribution >= 0.6 is 11.3 Å². The molecular formula is C55H39NS. The standard InChI is InChI=1S/C55H39NS/c1-55(2)51-24-9-8-22-47(51)48-28-26-44(35-52(48)55)56(42-20-11-19-41(32-42)46-23-12-16-37-15-6-7-21-45(37)46)43-27-30-54-50(34-43)49-33-40(25-29-53(49)57-54)39-18-10-17-38(31-39)36-13-4-3-5-14-36/h3-35H,1-2H3. The van der Waals surface area contributed by atoms with Gasteiger partial charge in [-0.3, -0.25) is 0 Å². The molecule has 57 heavy (non-hydrogen) atoms. The van der Waals surface area contributed by atoms with E-state index in [1.54, 1.807) is 0 Å². The molecular weight excluding hydrogens is 707 g/mol. The molecule has 0 N–H and O–H groups in total. The van der Waals surface area contributed by atoms with Gasteiger partial charge in [-0.1, -0.05) is 153 Å². The van der Waals surface area contributed by atoms with Crippen molar-refractivity contribution in [2.24, 2.45) is 0 Å². The van der Waals surface area contributed by atoms with Crippen molar-refractivity contribution in [2.75, 3.05) is 4.90 Å². The number of benzene rings is 9. The summed E-state index contributed by atoms with van der Waals surface area (Å²) in [4.78, 5) is 2.46. The number of hydrogen-bond donors (Lipinski definition) is 0. The SMILES string of the molecule is CC1(C)c2ccccc2-c2ccc(N(c3cccc(-c4cccc5ccccc45)c3)c3ccc4sc5ccc(-c6cccc(-c7ccccc7)c6)cc5c4c3)cc21. The van der Waals surface area contributed by atoms with Gasteiger partial charge in [0.2, 0.25) is 0 Å². The van der Waals surface area contributed by atoms with Crippen LogP contribution in [0.25, 0.3) is 75.5 Å². The molecule has 10 aromatic rings. The summed E-state index contributed by atoms with van der Waals surface area (Å²) in [6, 6.07) is 73.9. The number of hydrogen-bond acceptors (Lipinski definition) is 2. The number of anilines is 3. The molecule has 0 aliphatic heterocycles. The van der Waals surface area contributed by atoms with E-state index in [1.165, 1.54) is 86.6 Å². The number of rotatable bonds is 6. The Balaban J connectivity index is 1.08. The van der Waals surface area contributed by atoms with Crippen molar-refractivity contribution in [3.8, 4) is 44.5 Å². The average Bonchev–Trinajstić information content (AvgIpc) is 3.74. The summed E-state index contributed by atoms with van der Waals surface area (Å²) in [6.45, 7) is 4.73. The fraction of sp³-hybridized carbons (Fsp3) is 0.0545. The van der Waals surface area contributed by atoms with E-state index in [2.05, 4.69) is 219 Å². The number of thiophene rings is 1. The third kappa shape index (κ3) is 5.59. The number of nitrogens with zero attached hydrogens (tertiary/aromatic N) is 1. The molecule has 1 aromatic heterocycles. The van der Waals surface area contributed by atoms with E-state index in [0.717, 1.165) is 17.1 Å². The minimum atomic E-state index is -0.111. The van der Waals surface area contributed by atoms with Crippen molar-refractivity contribution >= 4 is 59.3 Å². The summed E-state index contributed by atoms with van der Waals surface area (Å²) >= 11 is 1.87. The first-order valence-corrected chi connectivity index (χ1v) is 20.6. The van der Waals surface area contributed by atoms with Gasteiger partial charge in [-0.05, 0) is 127 Å². The molecule has 0 saturated carbocycles. The zero-order chi connectivity index (χ0) is 38.1. The van der Waals surface area contributed by atoms with Crippen LogP contribution in [0.2, 0.25) is 0 Å². The molecule has 0 fully saturated rings. The van der Waals surface area contributed by atoms with E-state index in [0.29, 0.717) is 0 Å². The summed E-state index contributed by atoms with van der Waals surface area (Å²) in [7, 11) is 0. The van der Waals surface area contributed by atoms with Crippen molar-refractivity contribution in [2.45, 2.75) is 19.3 Å². The lowest BCUT2D eigenvalue weighted by molar-refractivity contribution is 0.660. The molecule has 1 aliphatic carbocycles. The Bertz CT molecular complexity index is 3160. The van der Waals surface area contributed by atoms with Crippen molar-refractivity contribution in [3.05, 3.63) is 211 Å². The Labute approximate surface area is 337 Å². The molecule has 0 bridgehead atoms. The second kappa shape index (κ2) is 13.2. The van der Waals surface area contributed by atoms with Crippen molar-refractivity contribution in [1.29, 1.82) is 0 Å². The second-order valence-corrected chi connectivity index (χ2v) is 16.8. The summed E-state index contributed by atoms with van der Waals surface area (Å²) in [5.41, 5.74) is 16.1. The van der Waals surface area contributed by atoms with Crippen LogP contribution in [0.3, 0.4) is 0 Å². The van der Waals surface area contributed by atoms with Crippen LogP contribution in [0.15, 0.2) is 200 Å². The Morgan fingerprint density at radius 2 is 0.930 bits per heavy atom. The van der Waals surface area contributed by atoms with E-state index in [9.17, 15) is 0 Å². The van der Waals surface area contributed by atoms with Crippen LogP contribution in [-0.2, 0) is 5.41 Å². The predicted octanol–water partition coefficient (Wildman–Crippen LogP) is 16.0. The van der Waals surface area contributed by atoms with Gasteiger partial charge < -0.3 is 4.90 Å². The van der Waals surface area contributed by atoms with Crippen LogP contribution in [0.4, 0.5) is 17.1 Å². The maximum atomic E-state index is 2.46. The van der Waals surface area contributed by atoms with Crippen LogP contribution in [-0.4, -0.2) is 0 Å².